The van der Waals surface area contributed by atoms with Crippen LogP contribution in [0.25, 0.3) is 0 Å². The fourth-order valence-corrected chi connectivity index (χ4v) is 3.78. The molecule has 0 spiro atoms. The summed E-state index contributed by atoms with van der Waals surface area (Å²) < 4.78 is 0. The molecular formula is C18H26O. The summed E-state index contributed by atoms with van der Waals surface area (Å²) in [6.45, 7) is 2.27. The summed E-state index contributed by atoms with van der Waals surface area (Å²) in [5, 5.41) is 10.6. The Morgan fingerprint density at radius 3 is 2.68 bits per heavy atom. The lowest BCUT2D eigenvalue weighted by Crippen LogP contribution is -2.12. The minimum atomic E-state index is -0.239. The van der Waals surface area contributed by atoms with Crippen molar-refractivity contribution in [2.75, 3.05) is 0 Å². The van der Waals surface area contributed by atoms with Gasteiger partial charge in [-0.05, 0) is 54.6 Å². The van der Waals surface area contributed by atoms with Gasteiger partial charge < -0.3 is 5.11 Å². The molecule has 1 heteroatoms. The van der Waals surface area contributed by atoms with Crippen LogP contribution < -0.4 is 0 Å². The van der Waals surface area contributed by atoms with Gasteiger partial charge in [-0.3, -0.25) is 0 Å². The molecule has 2 aliphatic rings. The molecule has 0 aliphatic heterocycles. The summed E-state index contributed by atoms with van der Waals surface area (Å²) in [6, 6.07) is 8.77. The fraction of sp³-hybridized carbons (Fsp3) is 0.667. The van der Waals surface area contributed by atoms with E-state index >= 15 is 0 Å². The molecule has 0 bridgehead atoms. The van der Waals surface area contributed by atoms with Gasteiger partial charge in [0.15, 0.2) is 0 Å². The molecule has 0 heterocycles. The van der Waals surface area contributed by atoms with Crippen molar-refractivity contribution in [3.05, 3.63) is 35.4 Å². The maximum atomic E-state index is 10.6. The smallest absolute Gasteiger partial charge is 0.0818 e. The molecule has 0 saturated heterocycles. The van der Waals surface area contributed by atoms with Crippen molar-refractivity contribution < 1.29 is 5.11 Å². The molecule has 0 amide bonds. The number of benzene rings is 1. The van der Waals surface area contributed by atoms with E-state index in [9.17, 15) is 5.11 Å². The van der Waals surface area contributed by atoms with Crippen LogP contribution in [-0.2, 0) is 0 Å². The molecule has 3 rings (SSSR count). The summed E-state index contributed by atoms with van der Waals surface area (Å²) in [6.07, 6.45) is 8.79. The Hall–Kier alpha value is -0.820. The van der Waals surface area contributed by atoms with Crippen molar-refractivity contribution in [2.45, 2.75) is 63.9 Å². The Morgan fingerprint density at radius 1 is 1.21 bits per heavy atom. The van der Waals surface area contributed by atoms with Crippen molar-refractivity contribution in [1.29, 1.82) is 0 Å². The predicted octanol–water partition coefficient (Wildman–Crippen LogP) is 4.81. The molecule has 1 N–H and O–H groups in total. The first-order valence-corrected chi connectivity index (χ1v) is 8.06. The summed E-state index contributed by atoms with van der Waals surface area (Å²) in [5.74, 6) is 2.09. The van der Waals surface area contributed by atoms with Crippen molar-refractivity contribution in [1.82, 2.24) is 0 Å². The van der Waals surface area contributed by atoms with E-state index in [1.54, 1.807) is 0 Å². The maximum absolute atomic E-state index is 10.6. The lowest BCUT2D eigenvalue weighted by molar-refractivity contribution is 0.109. The van der Waals surface area contributed by atoms with Crippen LogP contribution in [0.2, 0.25) is 0 Å². The Bertz CT molecular complexity index is 421. The van der Waals surface area contributed by atoms with Crippen molar-refractivity contribution in [3.8, 4) is 0 Å². The average Bonchev–Trinajstić information content (AvgIpc) is 2.85. The van der Waals surface area contributed by atoms with E-state index in [1.165, 1.54) is 50.5 Å². The normalized spacial score (nSPS) is 29.2. The van der Waals surface area contributed by atoms with Crippen LogP contribution in [0.4, 0.5) is 0 Å². The second-order valence-electron chi connectivity index (χ2n) is 6.59. The lowest BCUT2D eigenvalue weighted by Gasteiger charge is -2.27. The zero-order chi connectivity index (χ0) is 13.2. The zero-order valence-electron chi connectivity index (χ0n) is 12.0. The molecule has 104 valence electrons. The Kier molecular flexibility index (Phi) is 3.93. The molecule has 3 unspecified atom stereocenters. The van der Waals surface area contributed by atoms with Gasteiger partial charge in [0.2, 0.25) is 0 Å². The highest BCUT2D eigenvalue weighted by Gasteiger charge is 2.30. The second-order valence-corrected chi connectivity index (χ2v) is 6.59. The molecule has 3 atom stereocenters. The molecule has 1 aromatic rings. The van der Waals surface area contributed by atoms with Gasteiger partial charge in [0.05, 0.1) is 6.10 Å². The summed E-state index contributed by atoms with van der Waals surface area (Å²) in [4.78, 5) is 0. The monoisotopic (exact) mass is 258 g/mol. The highest BCUT2D eigenvalue weighted by atomic mass is 16.3. The number of rotatable bonds is 4. The van der Waals surface area contributed by atoms with Crippen LogP contribution in [0.15, 0.2) is 24.3 Å². The Morgan fingerprint density at radius 2 is 2.05 bits per heavy atom. The minimum Gasteiger partial charge on any atom is -0.388 e. The number of aliphatic hydroxyl groups is 1. The number of aliphatic hydroxyl groups excluding tert-OH is 1. The molecule has 1 nitrogen and oxygen atoms in total. The first kappa shape index (κ1) is 13.2. The van der Waals surface area contributed by atoms with E-state index < -0.39 is 0 Å². The van der Waals surface area contributed by atoms with Gasteiger partial charge in [-0.25, -0.2) is 0 Å². The van der Waals surface area contributed by atoms with Crippen molar-refractivity contribution >= 4 is 0 Å². The zero-order valence-corrected chi connectivity index (χ0v) is 12.0. The summed E-state index contributed by atoms with van der Waals surface area (Å²) in [5.41, 5.74) is 2.61. The van der Waals surface area contributed by atoms with Gasteiger partial charge in [-0.2, -0.15) is 0 Å². The first-order valence-electron chi connectivity index (χ1n) is 8.06. The lowest BCUT2D eigenvalue weighted by atomic mass is 9.79. The SMILES string of the molecule is CCC1CCC(C(O)c2cccc(C3CCC3)c2)C1. The number of hydrogen-bond donors (Lipinski definition) is 1. The third-order valence-electron chi connectivity index (χ3n) is 5.43. The van der Waals surface area contributed by atoms with Crippen LogP contribution >= 0.6 is 0 Å². The van der Waals surface area contributed by atoms with E-state index in [2.05, 4.69) is 31.2 Å². The van der Waals surface area contributed by atoms with Crippen LogP contribution in [0.5, 0.6) is 0 Å². The predicted molar refractivity (Wildman–Crippen MR) is 79.1 cm³/mol. The van der Waals surface area contributed by atoms with E-state index in [0.29, 0.717) is 5.92 Å². The van der Waals surface area contributed by atoms with Crippen molar-refractivity contribution in [2.24, 2.45) is 11.8 Å². The summed E-state index contributed by atoms with van der Waals surface area (Å²) in [7, 11) is 0. The van der Waals surface area contributed by atoms with E-state index in [4.69, 9.17) is 0 Å². The molecule has 0 radical (unpaired) electrons. The molecule has 1 aromatic carbocycles. The van der Waals surface area contributed by atoms with Crippen LogP contribution in [0.1, 0.15) is 75.0 Å². The fourth-order valence-electron chi connectivity index (χ4n) is 3.78. The molecule has 2 saturated carbocycles. The van der Waals surface area contributed by atoms with Gasteiger partial charge in [0.25, 0.3) is 0 Å². The topological polar surface area (TPSA) is 20.2 Å². The highest BCUT2D eigenvalue weighted by molar-refractivity contribution is 5.29. The maximum Gasteiger partial charge on any atom is 0.0818 e. The molecular weight excluding hydrogens is 232 g/mol. The van der Waals surface area contributed by atoms with Gasteiger partial charge in [-0.15, -0.1) is 0 Å². The second kappa shape index (κ2) is 5.66. The van der Waals surface area contributed by atoms with E-state index in [1.807, 2.05) is 0 Å². The van der Waals surface area contributed by atoms with Gasteiger partial charge in [0, 0.05) is 0 Å². The van der Waals surface area contributed by atoms with Gasteiger partial charge in [-0.1, -0.05) is 50.5 Å². The van der Waals surface area contributed by atoms with E-state index in [0.717, 1.165) is 17.4 Å². The third kappa shape index (κ3) is 2.72. The molecule has 19 heavy (non-hydrogen) atoms. The molecule has 2 aliphatic carbocycles. The minimum absolute atomic E-state index is 0.239. The third-order valence-corrected chi connectivity index (χ3v) is 5.43. The standard InChI is InChI=1S/C18H26O/c1-2-13-9-10-17(11-13)18(19)16-8-4-7-15(12-16)14-5-3-6-14/h4,7-8,12-14,17-19H,2-3,5-6,9-11H2,1H3. The first-order chi connectivity index (χ1) is 9.28. The summed E-state index contributed by atoms with van der Waals surface area (Å²) >= 11 is 0. The quantitative estimate of drug-likeness (QED) is 0.821. The van der Waals surface area contributed by atoms with Crippen LogP contribution in [0.3, 0.4) is 0 Å². The average molecular weight is 258 g/mol. The van der Waals surface area contributed by atoms with Gasteiger partial charge in [0.1, 0.15) is 0 Å². The van der Waals surface area contributed by atoms with Crippen LogP contribution in [-0.4, -0.2) is 5.11 Å². The Labute approximate surface area is 117 Å². The van der Waals surface area contributed by atoms with Gasteiger partial charge >= 0.3 is 0 Å². The van der Waals surface area contributed by atoms with Crippen molar-refractivity contribution in [3.63, 3.8) is 0 Å². The van der Waals surface area contributed by atoms with Crippen LogP contribution in [0, 0.1) is 11.8 Å². The molecule has 2 fully saturated rings. The largest absolute Gasteiger partial charge is 0.388 e. The number of hydrogen-bond acceptors (Lipinski definition) is 1. The van der Waals surface area contributed by atoms with E-state index in [-0.39, 0.29) is 6.10 Å². The highest BCUT2D eigenvalue weighted by Crippen LogP contribution is 2.42. The molecule has 0 aromatic heterocycles. The Balaban J connectivity index is 1.70.